The number of esters is 1. The highest BCUT2D eigenvalue weighted by molar-refractivity contribution is 5.71. The molecule has 0 aromatic rings. The average Bonchev–Trinajstić information content (AvgIpc) is 2.79. The average molecular weight is 236 g/mol. The van der Waals surface area contributed by atoms with Crippen molar-refractivity contribution in [3.8, 4) is 0 Å². The van der Waals surface area contributed by atoms with Crippen LogP contribution in [0.25, 0.3) is 0 Å². The number of carbonyl (C=O) groups excluding carboxylic acids is 1. The van der Waals surface area contributed by atoms with Crippen molar-refractivity contribution in [2.75, 3.05) is 6.61 Å². The molecule has 96 valence electrons. The fourth-order valence-corrected chi connectivity index (χ4v) is 3.49. The van der Waals surface area contributed by atoms with Gasteiger partial charge in [-0.1, -0.05) is 33.3 Å². The summed E-state index contributed by atoms with van der Waals surface area (Å²) in [5.41, 5.74) is 1.86. The van der Waals surface area contributed by atoms with E-state index in [0.717, 1.165) is 11.8 Å². The molecular formula is C15H24O2. The van der Waals surface area contributed by atoms with E-state index in [-0.39, 0.29) is 11.9 Å². The van der Waals surface area contributed by atoms with Crippen molar-refractivity contribution in [1.29, 1.82) is 0 Å². The number of fused-ring (bicyclic) bond motifs is 2. The maximum atomic E-state index is 11.4. The molecule has 2 fully saturated rings. The van der Waals surface area contributed by atoms with Crippen molar-refractivity contribution in [1.82, 2.24) is 0 Å². The third-order valence-electron chi connectivity index (χ3n) is 4.64. The summed E-state index contributed by atoms with van der Waals surface area (Å²) < 4.78 is 5.25. The Hall–Kier alpha value is -0.790. The normalized spacial score (nSPS) is 32.4. The van der Waals surface area contributed by atoms with Crippen molar-refractivity contribution < 1.29 is 9.53 Å². The predicted octanol–water partition coefficient (Wildman–Crippen LogP) is 3.57. The molecule has 2 saturated carbocycles. The lowest BCUT2D eigenvalue weighted by molar-refractivity contribution is -0.146. The van der Waals surface area contributed by atoms with Gasteiger partial charge in [0, 0.05) is 0 Å². The van der Waals surface area contributed by atoms with Gasteiger partial charge in [-0.25, -0.2) is 0 Å². The van der Waals surface area contributed by atoms with Crippen LogP contribution < -0.4 is 0 Å². The maximum Gasteiger partial charge on any atom is 0.308 e. The highest BCUT2D eigenvalue weighted by Gasteiger charge is 2.48. The molecule has 2 atom stereocenters. The zero-order chi connectivity index (χ0) is 12.6. The zero-order valence-corrected chi connectivity index (χ0v) is 11.5. The number of rotatable bonds is 3. The van der Waals surface area contributed by atoms with Crippen molar-refractivity contribution in [2.45, 2.75) is 47.0 Å². The molecule has 0 amide bonds. The van der Waals surface area contributed by atoms with Gasteiger partial charge in [0.15, 0.2) is 0 Å². The van der Waals surface area contributed by atoms with Crippen LogP contribution in [0.15, 0.2) is 11.6 Å². The first-order chi connectivity index (χ1) is 7.93. The number of hydrogen-bond acceptors (Lipinski definition) is 2. The third kappa shape index (κ3) is 2.27. The maximum absolute atomic E-state index is 11.4. The zero-order valence-electron chi connectivity index (χ0n) is 11.5. The summed E-state index contributed by atoms with van der Waals surface area (Å²) in [6.45, 7) is 8.88. The monoisotopic (exact) mass is 236 g/mol. The van der Waals surface area contributed by atoms with Gasteiger partial charge in [0.2, 0.25) is 0 Å². The summed E-state index contributed by atoms with van der Waals surface area (Å²) >= 11 is 0. The van der Waals surface area contributed by atoms with Gasteiger partial charge in [-0.15, -0.1) is 0 Å². The van der Waals surface area contributed by atoms with E-state index in [9.17, 15) is 4.79 Å². The lowest BCUT2D eigenvalue weighted by Crippen LogP contribution is -2.23. The molecule has 2 bridgehead atoms. The number of carbonyl (C=O) groups is 1. The van der Waals surface area contributed by atoms with Crippen molar-refractivity contribution in [2.24, 2.45) is 23.2 Å². The standard InChI is InChI=1S/C15H24O2/c1-10(2)14(16)17-8-7-13-11-5-6-12(9-11)15(13,3)4/h7,10-12H,5-6,8-9H2,1-4H3/b13-7-. The summed E-state index contributed by atoms with van der Waals surface area (Å²) in [6, 6.07) is 0. The van der Waals surface area contributed by atoms with Gasteiger partial charge in [0.25, 0.3) is 0 Å². The Morgan fingerprint density at radius 3 is 2.71 bits per heavy atom. The SMILES string of the molecule is CC(C)C(=O)OC/C=C1/C2CCC(C2)C1(C)C. The van der Waals surface area contributed by atoms with Crippen LogP contribution in [0.3, 0.4) is 0 Å². The summed E-state index contributed by atoms with van der Waals surface area (Å²) in [4.78, 5) is 11.4. The fourth-order valence-electron chi connectivity index (χ4n) is 3.49. The van der Waals surface area contributed by atoms with E-state index < -0.39 is 0 Å². The van der Waals surface area contributed by atoms with Gasteiger partial charge in [0.1, 0.15) is 6.61 Å². The molecule has 0 N–H and O–H groups in total. The van der Waals surface area contributed by atoms with E-state index in [1.54, 1.807) is 0 Å². The molecule has 0 spiro atoms. The van der Waals surface area contributed by atoms with E-state index in [1.807, 2.05) is 13.8 Å². The lowest BCUT2D eigenvalue weighted by Gasteiger charge is -2.32. The van der Waals surface area contributed by atoms with E-state index in [2.05, 4.69) is 19.9 Å². The van der Waals surface area contributed by atoms with Crippen LogP contribution in [0.4, 0.5) is 0 Å². The minimum Gasteiger partial charge on any atom is -0.461 e. The number of hydrogen-bond donors (Lipinski definition) is 0. The molecule has 17 heavy (non-hydrogen) atoms. The Morgan fingerprint density at radius 2 is 2.18 bits per heavy atom. The van der Waals surface area contributed by atoms with Crippen molar-refractivity contribution >= 4 is 5.97 Å². The second-order valence-electron chi connectivity index (χ2n) is 6.37. The van der Waals surface area contributed by atoms with Crippen LogP contribution in [0.5, 0.6) is 0 Å². The molecule has 0 aromatic carbocycles. The Kier molecular flexibility index (Phi) is 3.33. The minimum absolute atomic E-state index is 0.0264. The van der Waals surface area contributed by atoms with E-state index >= 15 is 0 Å². The molecule has 0 heterocycles. The quantitative estimate of drug-likeness (QED) is 0.553. The summed E-state index contributed by atoms with van der Waals surface area (Å²) in [5, 5.41) is 0. The highest BCUT2D eigenvalue weighted by Crippen LogP contribution is 2.58. The Bertz CT molecular complexity index is 339. The molecule has 2 heteroatoms. The van der Waals surface area contributed by atoms with E-state index in [0.29, 0.717) is 12.0 Å². The third-order valence-corrected chi connectivity index (χ3v) is 4.64. The molecule has 0 aliphatic heterocycles. The van der Waals surface area contributed by atoms with Crippen LogP contribution >= 0.6 is 0 Å². The van der Waals surface area contributed by atoms with Gasteiger partial charge in [-0.3, -0.25) is 4.79 Å². The fraction of sp³-hybridized carbons (Fsp3) is 0.800. The highest BCUT2D eigenvalue weighted by atomic mass is 16.5. The Morgan fingerprint density at radius 1 is 1.47 bits per heavy atom. The molecule has 0 aromatic heterocycles. The second kappa shape index (κ2) is 4.47. The van der Waals surface area contributed by atoms with E-state index in [4.69, 9.17) is 4.74 Å². The molecule has 2 unspecified atom stereocenters. The van der Waals surface area contributed by atoms with Gasteiger partial charge in [-0.2, -0.15) is 0 Å². The van der Waals surface area contributed by atoms with Gasteiger partial charge < -0.3 is 4.74 Å². The summed E-state index contributed by atoms with van der Waals surface area (Å²) in [7, 11) is 0. The van der Waals surface area contributed by atoms with Crippen LogP contribution in [0.1, 0.15) is 47.0 Å². The van der Waals surface area contributed by atoms with Crippen molar-refractivity contribution in [3.63, 3.8) is 0 Å². The largest absolute Gasteiger partial charge is 0.461 e. The van der Waals surface area contributed by atoms with Crippen LogP contribution in [-0.4, -0.2) is 12.6 Å². The molecule has 2 aliphatic carbocycles. The van der Waals surface area contributed by atoms with Gasteiger partial charge >= 0.3 is 5.97 Å². The van der Waals surface area contributed by atoms with Crippen LogP contribution in [0, 0.1) is 23.2 Å². The molecule has 2 aliphatic rings. The van der Waals surface area contributed by atoms with Crippen LogP contribution in [0.2, 0.25) is 0 Å². The molecule has 2 nitrogen and oxygen atoms in total. The first kappa shape index (κ1) is 12.7. The number of allylic oxidation sites excluding steroid dienone is 1. The van der Waals surface area contributed by atoms with Gasteiger partial charge in [0.05, 0.1) is 5.92 Å². The molecule has 0 saturated heterocycles. The molecule has 0 radical (unpaired) electrons. The molecular weight excluding hydrogens is 212 g/mol. The first-order valence-corrected chi connectivity index (χ1v) is 6.80. The Labute approximate surface area is 104 Å². The minimum atomic E-state index is -0.0946. The second-order valence-corrected chi connectivity index (χ2v) is 6.37. The van der Waals surface area contributed by atoms with Crippen molar-refractivity contribution in [3.05, 3.63) is 11.6 Å². The lowest BCUT2D eigenvalue weighted by atomic mass is 9.73. The predicted molar refractivity (Wildman–Crippen MR) is 68.5 cm³/mol. The molecule has 2 rings (SSSR count). The number of ether oxygens (including phenoxy) is 1. The van der Waals surface area contributed by atoms with Gasteiger partial charge in [-0.05, 0) is 42.6 Å². The summed E-state index contributed by atoms with van der Waals surface area (Å²) in [5.74, 6) is 1.48. The Balaban J connectivity index is 1.96. The summed E-state index contributed by atoms with van der Waals surface area (Å²) in [6.07, 6.45) is 6.22. The van der Waals surface area contributed by atoms with E-state index in [1.165, 1.54) is 24.8 Å². The first-order valence-electron chi connectivity index (χ1n) is 6.80. The van der Waals surface area contributed by atoms with Crippen LogP contribution in [-0.2, 0) is 9.53 Å². The smallest absolute Gasteiger partial charge is 0.308 e. The topological polar surface area (TPSA) is 26.3 Å².